The zero-order chi connectivity index (χ0) is 19.1. The molecule has 3 aromatic rings. The van der Waals surface area contributed by atoms with Crippen molar-refractivity contribution in [2.75, 3.05) is 6.54 Å². The minimum atomic E-state index is -0.507. The van der Waals surface area contributed by atoms with Crippen molar-refractivity contribution < 1.29 is 9.59 Å². The molecule has 0 spiro atoms. The van der Waals surface area contributed by atoms with Gasteiger partial charge in [0.05, 0.1) is 0 Å². The molecule has 0 bridgehead atoms. The van der Waals surface area contributed by atoms with Crippen molar-refractivity contribution >= 4 is 61.3 Å². The maximum absolute atomic E-state index is 12.7. The van der Waals surface area contributed by atoms with Crippen molar-refractivity contribution in [1.29, 1.82) is 5.26 Å². The number of thiophene rings is 3. The summed E-state index contributed by atoms with van der Waals surface area (Å²) >= 11 is 5.05. The van der Waals surface area contributed by atoms with E-state index in [1.165, 1.54) is 19.2 Å². The molecular formula is C20H14N2O2S3. The summed E-state index contributed by atoms with van der Waals surface area (Å²) in [4.78, 5) is 29.5. The third kappa shape index (κ3) is 2.96. The molecule has 0 saturated carbocycles. The van der Waals surface area contributed by atoms with Gasteiger partial charge in [-0.1, -0.05) is 6.07 Å². The van der Waals surface area contributed by atoms with Crippen molar-refractivity contribution in [1.82, 2.24) is 4.90 Å². The molecule has 4 heterocycles. The van der Waals surface area contributed by atoms with Crippen molar-refractivity contribution in [2.24, 2.45) is 0 Å². The van der Waals surface area contributed by atoms with Crippen molar-refractivity contribution in [3.05, 3.63) is 51.2 Å². The van der Waals surface area contributed by atoms with Crippen LogP contribution >= 0.6 is 34.0 Å². The Morgan fingerprint density at radius 3 is 2.56 bits per heavy atom. The molecule has 4 rings (SSSR count). The second kappa shape index (κ2) is 6.89. The summed E-state index contributed by atoms with van der Waals surface area (Å²) in [6, 6.07) is 10.3. The summed E-state index contributed by atoms with van der Waals surface area (Å²) in [6.45, 7) is 3.64. The first-order valence-electron chi connectivity index (χ1n) is 8.30. The third-order valence-corrected chi connectivity index (χ3v) is 7.72. The number of nitrogens with zero attached hydrogens (tertiary/aromatic N) is 2. The molecule has 0 radical (unpaired) electrons. The lowest BCUT2D eigenvalue weighted by Gasteiger charge is -2.26. The molecule has 1 aliphatic rings. The second-order valence-corrected chi connectivity index (χ2v) is 9.14. The van der Waals surface area contributed by atoms with Crippen molar-refractivity contribution in [2.45, 2.75) is 13.8 Å². The largest absolute Gasteiger partial charge is 0.274 e. The van der Waals surface area contributed by atoms with Gasteiger partial charge in [0.1, 0.15) is 11.6 Å². The van der Waals surface area contributed by atoms with Crippen LogP contribution in [-0.2, 0) is 9.59 Å². The highest BCUT2D eigenvalue weighted by Gasteiger charge is 2.34. The first kappa shape index (κ1) is 17.9. The van der Waals surface area contributed by atoms with Gasteiger partial charge in [-0.15, -0.1) is 34.0 Å². The van der Waals surface area contributed by atoms with E-state index >= 15 is 0 Å². The molecule has 2 amide bonds. The molecule has 134 valence electrons. The number of nitriles is 1. The molecule has 1 aliphatic heterocycles. The molecule has 0 fully saturated rings. The quantitative estimate of drug-likeness (QED) is 0.435. The normalized spacial score (nSPS) is 16.6. The van der Waals surface area contributed by atoms with Gasteiger partial charge >= 0.3 is 0 Å². The van der Waals surface area contributed by atoms with E-state index in [1.54, 1.807) is 53.9 Å². The van der Waals surface area contributed by atoms with E-state index in [0.29, 0.717) is 11.1 Å². The summed E-state index contributed by atoms with van der Waals surface area (Å²) in [5, 5.41) is 11.4. The number of fused-ring (bicyclic) bond motifs is 1. The van der Waals surface area contributed by atoms with Gasteiger partial charge in [-0.3, -0.25) is 14.5 Å². The van der Waals surface area contributed by atoms with Crippen molar-refractivity contribution in [3.8, 4) is 15.8 Å². The van der Waals surface area contributed by atoms with Gasteiger partial charge in [0.15, 0.2) is 0 Å². The van der Waals surface area contributed by atoms with Crippen LogP contribution in [0.25, 0.3) is 25.2 Å². The van der Waals surface area contributed by atoms with Crippen molar-refractivity contribution in [3.63, 3.8) is 0 Å². The minimum absolute atomic E-state index is 0.0426. The minimum Gasteiger partial charge on any atom is -0.274 e. The zero-order valence-corrected chi connectivity index (χ0v) is 17.1. The SMILES string of the molecule is CCN1C(=O)C(C#N)=C(C)/C(=C/c2cc3sc(-c4cccs4)cc3s2)C1=O. The van der Waals surface area contributed by atoms with Gasteiger partial charge in [-0.2, -0.15) is 5.26 Å². The Balaban J connectivity index is 1.77. The van der Waals surface area contributed by atoms with E-state index in [0.717, 1.165) is 9.78 Å². The number of amides is 2. The lowest BCUT2D eigenvalue weighted by atomic mass is 9.95. The van der Waals surface area contributed by atoms with Crippen LogP contribution in [0.2, 0.25) is 0 Å². The Morgan fingerprint density at radius 1 is 1.15 bits per heavy atom. The number of carbonyl (C=O) groups is 2. The molecule has 4 nitrogen and oxygen atoms in total. The molecule has 0 aromatic carbocycles. The van der Waals surface area contributed by atoms with Crippen LogP contribution in [-0.4, -0.2) is 23.3 Å². The van der Waals surface area contributed by atoms with Gasteiger partial charge in [0, 0.05) is 36.1 Å². The Morgan fingerprint density at radius 2 is 1.93 bits per heavy atom. The summed E-state index contributed by atoms with van der Waals surface area (Å²) in [6.07, 6.45) is 1.80. The van der Waals surface area contributed by atoms with Crippen LogP contribution in [0.1, 0.15) is 18.7 Å². The predicted molar refractivity (Wildman–Crippen MR) is 112 cm³/mol. The molecule has 0 aliphatic carbocycles. The number of carbonyl (C=O) groups excluding carboxylic acids is 2. The van der Waals surface area contributed by atoms with E-state index in [4.69, 9.17) is 0 Å². The van der Waals surface area contributed by atoms with Gasteiger partial charge in [0.2, 0.25) is 0 Å². The monoisotopic (exact) mass is 410 g/mol. The summed E-state index contributed by atoms with van der Waals surface area (Å²) in [5.74, 6) is -0.845. The second-order valence-electron chi connectivity index (χ2n) is 5.99. The van der Waals surface area contributed by atoms with E-state index in [1.807, 2.05) is 12.1 Å². The third-order valence-electron chi connectivity index (χ3n) is 4.42. The highest BCUT2D eigenvalue weighted by Crippen LogP contribution is 2.40. The Hall–Kier alpha value is -2.53. The molecule has 0 atom stereocenters. The highest BCUT2D eigenvalue weighted by molar-refractivity contribution is 7.31. The lowest BCUT2D eigenvalue weighted by Crippen LogP contribution is -2.42. The number of imide groups is 1. The van der Waals surface area contributed by atoms with Crippen LogP contribution in [0.4, 0.5) is 0 Å². The van der Waals surface area contributed by atoms with E-state index in [-0.39, 0.29) is 18.0 Å². The average Bonchev–Trinajstić information content (AvgIpc) is 3.35. The maximum atomic E-state index is 12.7. The predicted octanol–water partition coefficient (Wildman–Crippen LogP) is 5.30. The summed E-state index contributed by atoms with van der Waals surface area (Å²) < 4.78 is 2.34. The summed E-state index contributed by atoms with van der Waals surface area (Å²) in [7, 11) is 0. The topological polar surface area (TPSA) is 61.2 Å². The Bertz CT molecular complexity index is 1140. The van der Waals surface area contributed by atoms with Crippen LogP contribution in [0.5, 0.6) is 0 Å². The Labute approximate surface area is 168 Å². The average molecular weight is 411 g/mol. The fourth-order valence-corrected chi connectivity index (χ4v) is 6.20. The summed E-state index contributed by atoms with van der Waals surface area (Å²) in [5.41, 5.74) is 0.912. The molecule has 0 saturated heterocycles. The van der Waals surface area contributed by atoms with Gasteiger partial charge < -0.3 is 0 Å². The van der Waals surface area contributed by atoms with Crippen LogP contribution in [0, 0.1) is 11.3 Å². The van der Waals surface area contributed by atoms with E-state index in [2.05, 4.69) is 23.6 Å². The smallest absolute Gasteiger partial charge is 0.271 e. The van der Waals surface area contributed by atoms with Gasteiger partial charge in [0.25, 0.3) is 11.8 Å². The molecule has 0 N–H and O–H groups in total. The van der Waals surface area contributed by atoms with E-state index < -0.39 is 5.91 Å². The number of hydrogen-bond donors (Lipinski definition) is 0. The molecule has 7 heteroatoms. The van der Waals surface area contributed by atoms with Crippen LogP contribution in [0.3, 0.4) is 0 Å². The van der Waals surface area contributed by atoms with Crippen LogP contribution in [0.15, 0.2) is 46.4 Å². The fraction of sp³-hybridized carbons (Fsp3) is 0.150. The standard InChI is InChI=1S/C20H14N2O2S3/c1-3-22-19(23)13(11(2)14(10-21)20(22)24)7-12-8-16-18(26-12)9-17(27-16)15-5-4-6-25-15/h4-9H,3H2,1-2H3/b13-7-. The van der Waals surface area contributed by atoms with Gasteiger partial charge in [-0.25, -0.2) is 0 Å². The molecule has 3 aromatic heterocycles. The molecular weight excluding hydrogens is 396 g/mol. The van der Waals surface area contributed by atoms with Crippen LogP contribution < -0.4 is 0 Å². The fourth-order valence-electron chi connectivity index (χ4n) is 3.02. The van der Waals surface area contributed by atoms with E-state index in [9.17, 15) is 14.9 Å². The first-order chi connectivity index (χ1) is 13.0. The molecule has 27 heavy (non-hydrogen) atoms. The maximum Gasteiger partial charge on any atom is 0.271 e. The number of rotatable bonds is 3. The molecule has 0 unspecified atom stereocenters. The highest BCUT2D eigenvalue weighted by atomic mass is 32.1. The lowest BCUT2D eigenvalue weighted by molar-refractivity contribution is -0.140. The zero-order valence-electron chi connectivity index (χ0n) is 14.6. The number of likely N-dealkylation sites (N-methyl/N-ethyl adjacent to an activating group) is 1. The first-order valence-corrected chi connectivity index (χ1v) is 10.8. The number of hydrogen-bond acceptors (Lipinski definition) is 6. The Kier molecular flexibility index (Phi) is 4.56. The van der Waals surface area contributed by atoms with Gasteiger partial charge in [-0.05, 0) is 49.1 Å².